The Kier molecular flexibility index (Phi) is 5.62. The van der Waals surface area contributed by atoms with Gasteiger partial charge in [-0.1, -0.05) is 54.8 Å². The first kappa shape index (κ1) is 23.0. The largest absolute Gasteiger partial charge is 0.453 e. The number of para-hydroxylation sites is 2. The van der Waals surface area contributed by atoms with Crippen LogP contribution in [-0.4, -0.2) is 23.3 Å². The standard InChI is InChI=1S/C32H30N4OSi/c1-23-20-27(35-34-23)24-15-16-31-29(21-24)36(28-12-3-4-13-30(28)37-31)25-10-9-11-26(22-25)38(18-7-2-8-19-38)32-14-5-6-17-33-32/h3-6,9-17,20-22H,2,7-8,18-19H2,1H3,(H,34,35). The molecule has 2 aromatic heterocycles. The van der Waals surface area contributed by atoms with E-state index >= 15 is 0 Å². The van der Waals surface area contributed by atoms with Crippen LogP contribution in [0.2, 0.25) is 12.1 Å². The third-order valence-electron chi connectivity index (χ3n) is 8.05. The number of aromatic amines is 1. The van der Waals surface area contributed by atoms with Gasteiger partial charge in [-0.05, 0) is 79.7 Å². The average Bonchev–Trinajstić information content (AvgIpc) is 3.42. The number of aryl methyl sites for hydroxylation is 1. The summed E-state index contributed by atoms with van der Waals surface area (Å²) >= 11 is 0. The highest BCUT2D eigenvalue weighted by Crippen LogP contribution is 2.51. The van der Waals surface area contributed by atoms with E-state index in [9.17, 15) is 0 Å². The number of nitrogens with one attached hydrogen (secondary N) is 1. The van der Waals surface area contributed by atoms with Crippen LogP contribution in [0.15, 0.2) is 97.2 Å². The smallest absolute Gasteiger partial charge is 0.151 e. The van der Waals surface area contributed by atoms with E-state index in [4.69, 9.17) is 9.72 Å². The molecule has 3 aromatic carbocycles. The molecular formula is C32H30N4OSi. The van der Waals surface area contributed by atoms with E-state index in [2.05, 4.69) is 87.9 Å². The zero-order chi connectivity index (χ0) is 25.5. The fourth-order valence-corrected chi connectivity index (χ4v) is 11.1. The molecule has 0 aliphatic carbocycles. The molecule has 0 unspecified atom stereocenters. The number of hydrogen-bond donors (Lipinski definition) is 1. The van der Waals surface area contributed by atoms with Crippen LogP contribution < -0.4 is 20.1 Å². The molecule has 6 heteroatoms. The predicted molar refractivity (Wildman–Crippen MR) is 156 cm³/mol. The molecule has 0 radical (unpaired) electrons. The third-order valence-corrected chi connectivity index (χ3v) is 13.2. The lowest BCUT2D eigenvalue weighted by atomic mass is 10.1. The normalized spacial score (nSPS) is 15.9. The number of pyridine rings is 1. The van der Waals surface area contributed by atoms with Crippen molar-refractivity contribution in [3.63, 3.8) is 0 Å². The van der Waals surface area contributed by atoms with Crippen LogP contribution in [0.1, 0.15) is 25.0 Å². The summed E-state index contributed by atoms with van der Waals surface area (Å²) in [6.45, 7) is 2.03. The first-order chi connectivity index (χ1) is 18.7. The van der Waals surface area contributed by atoms with E-state index in [1.807, 2.05) is 31.3 Å². The highest BCUT2D eigenvalue weighted by Gasteiger charge is 2.40. The number of H-pyrrole nitrogens is 1. The summed E-state index contributed by atoms with van der Waals surface area (Å²) in [5.74, 6) is 1.71. The Morgan fingerprint density at radius 1 is 0.789 bits per heavy atom. The second-order valence-corrected chi connectivity index (χ2v) is 14.7. The van der Waals surface area contributed by atoms with Gasteiger partial charge in [-0.2, -0.15) is 5.10 Å². The summed E-state index contributed by atoms with van der Waals surface area (Å²) in [4.78, 5) is 7.28. The molecule has 188 valence electrons. The monoisotopic (exact) mass is 514 g/mol. The van der Waals surface area contributed by atoms with Gasteiger partial charge >= 0.3 is 0 Å². The van der Waals surface area contributed by atoms with E-state index in [1.54, 1.807) is 0 Å². The number of nitrogens with zero attached hydrogens (tertiary/aromatic N) is 3. The molecule has 38 heavy (non-hydrogen) atoms. The SMILES string of the molecule is Cc1cc(-c2ccc3c(c2)N(c2cccc([Si]4(c5ccccn5)CCCCC4)c2)c2ccccc2O3)n[nH]1. The summed E-state index contributed by atoms with van der Waals surface area (Å²) in [7, 11) is -1.96. The van der Waals surface area contributed by atoms with Gasteiger partial charge < -0.3 is 9.64 Å². The van der Waals surface area contributed by atoms with Crippen LogP contribution >= 0.6 is 0 Å². The second-order valence-electron chi connectivity index (χ2n) is 10.4. The topological polar surface area (TPSA) is 54.0 Å². The highest BCUT2D eigenvalue weighted by molar-refractivity contribution is 7.02. The zero-order valence-corrected chi connectivity index (χ0v) is 22.5. The molecule has 0 atom stereocenters. The van der Waals surface area contributed by atoms with Gasteiger partial charge in [-0.15, -0.1) is 0 Å². The minimum absolute atomic E-state index is 0.847. The molecule has 7 rings (SSSR count). The summed E-state index contributed by atoms with van der Waals surface area (Å²) in [6.07, 6.45) is 5.85. The average molecular weight is 515 g/mol. The van der Waals surface area contributed by atoms with Gasteiger partial charge in [-0.25, -0.2) is 0 Å². The lowest BCUT2D eigenvalue weighted by Gasteiger charge is -2.37. The maximum absolute atomic E-state index is 6.39. The molecule has 1 fully saturated rings. The van der Waals surface area contributed by atoms with Crippen LogP contribution in [0.3, 0.4) is 0 Å². The lowest BCUT2D eigenvalue weighted by Crippen LogP contribution is -2.60. The fraction of sp³-hybridized carbons (Fsp3) is 0.188. The van der Waals surface area contributed by atoms with Gasteiger partial charge in [0.05, 0.1) is 17.1 Å². The molecule has 0 bridgehead atoms. The Labute approximate surface area is 224 Å². The molecule has 1 N–H and O–H groups in total. The van der Waals surface area contributed by atoms with Crippen molar-refractivity contribution in [2.24, 2.45) is 0 Å². The highest BCUT2D eigenvalue weighted by atomic mass is 28.3. The van der Waals surface area contributed by atoms with Crippen LogP contribution in [-0.2, 0) is 0 Å². The molecule has 5 nitrogen and oxygen atoms in total. The van der Waals surface area contributed by atoms with E-state index in [0.29, 0.717) is 0 Å². The third kappa shape index (κ3) is 3.84. The first-order valence-electron chi connectivity index (χ1n) is 13.5. The molecule has 2 aliphatic rings. The van der Waals surface area contributed by atoms with Crippen LogP contribution in [0, 0.1) is 6.92 Å². The van der Waals surface area contributed by atoms with E-state index in [1.165, 1.54) is 41.9 Å². The molecule has 5 aromatic rings. The summed E-state index contributed by atoms with van der Waals surface area (Å²) in [6, 6.07) is 34.9. The van der Waals surface area contributed by atoms with Crippen LogP contribution in [0.25, 0.3) is 11.3 Å². The molecule has 0 amide bonds. The minimum atomic E-state index is -1.96. The Balaban J connectivity index is 1.39. The number of fused-ring (bicyclic) bond motifs is 2. The number of anilines is 3. The van der Waals surface area contributed by atoms with Crippen molar-refractivity contribution in [3.8, 4) is 22.8 Å². The van der Waals surface area contributed by atoms with Crippen molar-refractivity contribution in [1.29, 1.82) is 0 Å². The van der Waals surface area contributed by atoms with Crippen molar-refractivity contribution < 1.29 is 4.74 Å². The maximum Gasteiger partial charge on any atom is 0.151 e. The second kappa shape index (κ2) is 9.30. The van der Waals surface area contributed by atoms with E-state index < -0.39 is 8.07 Å². The Hall–Kier alpha value is -4.16. The van der Waals surface area contributed by atoms with Gasteiger partial charge in [0.15, 0.2) is 11.5 Å². The van der Waals surface area contributed by atoms with Gasteiger partial charge in [-0.3, -0.25) is 10.1 Å². The molecule has 1 saturated heterocycles. The zero-order valence-electron chi connectivity index (χ0n) is 21.5. The number of rotatable bonds is 4. The number of ether oxygens (including phenoxy) is 1. The molecule has 0 spiro atoms. The van der Waals surface area contributed by atoms with Crippen molar-refractivity contribution >= 4 is 35.6 Å². The predicted octanol–water partition coefficient (Wildman–Crippen LogP) is 7.10. The number of benzene rings is 3. The fourth-order valence-electron chi connectivity index (χ4n) is 6.19. The van der Waals surface area contributed by atoms with Gasteiger partial charge in [0.2, 0.25) is 0 Å². The number of aromatic nitrogens is 3. The van der Waals surface area contributed by atoms with E-state index in [-0.39, 0.29) is 0 Å². The minimum Gasteiger partial charge on any atom is -0.453 e. The molecule has 4 heterocycles. The van der Waals surface area contributed by atoms with Gasteiger partial charge in [0.25, 0.3) is 0 Å². The van der Waals surface area contributed by atoms with Gasteiger partial charge in [0.1, 0.15) is 8.07 Å². The Morgan fingerprint density at radius 3 is 2.45 bits per heavy atom. The molecule has 0 saturated carbocycles. The summed E-state index contributed by atoms with van der Waals surface area (Å²) in [5, 5.41) is 10.4. The Bertz CT molecular complexity index is 1610. The maximum atomic E-state index is 6.39. The van der Waals surface area contributed by atoms with Crippen molar-refractivity contribution in [2.45, 2.75) is 38.3 Å². The molecular weight excluding hydrogens is 484 g/mol. The van der Waals surface area contributed by atoms with E-state index in [0.717, 1.165) is 45.5 Å². The number of hydrogen-bond acceptors (Lipinski definition) is 4. The Morgan fingerprint density at radius 2 is 1.63 bits per heavy atom. The first-order valence-corrected chi connectivity index (χ1v) is 15.9. The van der Waals surface area contributed by atoms with Gasteiger partial charge in [0, 0.05) is 28.5 Å². The van der Waals surface area contributed by atoms with Crippen molar-refractivity contribution in [3.05, 3.63) is 103 Å². The van der Waals surface area contributed by atoms with Crippen molar-refractivity contribution in [1.82, 2.24) is 15.2 Å². The lowest BCUT2D eigenvalue weighted by molar-refractivity contribution is 0.477. The van der Waals surface area contributed by atoms with Crippen LogP contribution in [0.5, 0.6) is 11.5 Å². The van der Waals surface area contributed by atoms with Crippen LogP contribution in [0.4, 0.5) is 17.1 Å². The summed E-state index contributed by atoms with van der Waals surface area (Å²) < 4.78 is 6.39. The summed E-state index contributed by atoms with van der Waals surface area (Å²) in [5.41, 5.74) is 6.26. The molecule has 2 aliphatic heterocycles. The quantitative estimate of drug-likeness (QED) is 0.255. The van der Waals surface area contributed by atoms with Crippen molar-refractivity contribution in [2.75, 3.05) is 4.90 Å².